The summed E-state index contributed by atoms with van der Waals surface area (Å²) in [7, 11) is 0. The average Bonchev–Trinajstić information content (AvgIpc) is 3.21. The molecular weight excluding hydrogens is 428 g/mol. The molecule has 0 spiro atoms. The van der Waals surface area contributed by atoms with Crippen molar-refractivity contribution in [2.75, 3.05) is 13.2 Å². The van der Waals surface area contributed by atoms with Gasteiger partial charge in [-0.3, -0.25) is 0 Å². The first-order valence-electron chi connectivity index (χ1n) is 10.2. The first kappa shape index (κ1) is 27.4. The molecule has 0 aromatic rings. The normalized spacial score (nSPS) is 25.2. The Labute approximate surface area is 186 Å². The van der Waals surface area contributed by atoms with Crippen molar-refractivity contribution in [3.8, 4) is 0 Å². The van der Waals surface area contributed by atoms with E-state index in [1.54, 1.807) is 41.5 Å². The van der Waals surface area contributed by atoms with Gasteiger partial charge in [0.2, 0.25) is 0 Å². The van der Waals surface area contributed by atoms with Gasteiger partial charge in [0.15, 0.2) is 12.2 Å². The van der Waals surface area contributed by atoms with E-state index >= 15 is 0 Å². The van der Waals surface area contributed by atoms with Gasteiger partial charge in [-0.15, -0.1) is 0 Å². The van der Waals surface area contributed by atoms with Crippen LogP contribution in [0.15, 0.2) is 0 Å². The minimum atomic E-state index is -1.01. The van der Waals surface area contributed by atoms with Crippen LogP contribution >= 0.6 is 0 Å². The fourth-order valence-corrected chi connectivity index (χ4v) is 2.75. The molecule has 184 valence electrons. The van der Waals surface area contributed by atoms with Gasteiger partial charge in [0.25, 0.3) is 0 Å². The lowest BCUT2D eigenvalue weighted by Gasteiger charge is -2.21. The summed E-state index contributed by atoms with van der Waals surface area (Å²) < 4.78 is 20.1. The van der Waals surface area contributed by atoms with Gasteiger partial charge in [-0.1, -0.05) is 0 Å². The summed E-state index contributed by atoms with van der Waals surface area (Å²) in [4.78, 5) is 43.9. The topological polar surface area (TPSA) is 170 Å². The molecule has 2 saturated heterocycles. The van der Waals surface area contributed by atoms with Crippen LogP contribution in [0, 0.1) is 0 Å². The Kier molecular flexibility index (Phi) is 9.70. The second-order valence-corrected chi connectivity index (χ2v) is 9.48. The van der Waals surface area contributed by atoms with Crippen LogP contribution in [-0.4, -0.2) is 83.0 Å². The van der Waals surface area contributed by atoms with Crippen molar-refractivity contribution in [3.63, 3.8) is 0 Å². The lowest BCUT2D eigenvalue weighted by molar-refractivity contribution is -0.148. The minimum absolute atomic E-state index is 0.205. The van der Waals surface area contributed by atoms with Gasteiger partial charge in [0.05, 0.1) is 25.3 Å². The summed E-state index contributed by atoms with van der Waals surface area (Å²) in [5, 5.41) is 22.5. The van der Waals surface area contributed by atoms with Gasteiger partial charge in [0.1, 0.15) is 11.2 Å². The summed E-state index contributed by atoms with van der Waals surface area (Å²) >= 11 is 0. The number of amides is 2. The molecular formula is C20H34N2O10. The zero-order chi connectivity index (χ0) is 24.7. The van der Waals surface area contributed by atoms with Crippen molar-refractivity contribution in [2.24, 2.45) is 0 Å². The molecule has 0 radical (unpaired) electrons. The number of alkyl carbamates (subject to hydrolysis) is 2. The third-order valence-corrected chi connectivity index (χ3v) is 3.99. The maximum absolute atomic E-state index is 11.4. The first-order valence-corrected chi connectivity index (χ1v) is 10.2. The molecule has 12 nitrogen and oxygen atoms in total. The lowest BCUT2D eigenvalue weighted by Crippen LogP contribution is -2.39. The molecule has 2 heterocycles. The monoisotopic (exact) mass is 462 g/mol. The minimum Gasteiger partial charge on any atom is -0.479 e. The van der Waals surface area contributed by atoms with Crippen molar-refractivity contribution >= 4 is 24.1 Å². The van der Waals surface area contributed by atoms with E-state index < -0.39 is 47.5 Å². The van der Waals surface area contributed by atoms with E-state index in [2.05, 4.69) is 10.6 Å². The van der Waals surface area contributed by atoms with Crippen LogP contribution in [0.25, 0.3) is 0 Å². The number of rotatable bonds is 4. The number of carboxylic acids is 2. The summed E-state index contributed by atoms with van der Waals surface area (Å²) in [6.45, 7) is 11.0. The van der Waals surface area contributed by atoms with Crippen LogP contribution in [-0.2, 0) is 28.5 Å². The van der Waals surface area contributed by atoms with Crippen LogP contribution in [0.2, 0.25) is 0 Å². The van der Waals surface area contributed by atoms with Gasteiger partial charge in [-0.25, -0.2) is 19.2 Å². The van der Waals surface area contributed by atoms with Crippen molar-refractivity contribution < 1.29 is 48.3 Å². The van der Waals surface area contributed by atoms with Gasteiger partial charge in [-0.05, 0) is 41.5 Å². The molecule has 4 atom stereocenters. The zero-order valence-corrected chi connectivity index (χ0v) is 19.3. The van der Waals surface area contributed by atoms with Crippen molar-refractivity contribution in [1.82, 2.24) is 10.6 Å². The summed E-state index contributed by atoms with van der Waals surface area (Å²) in [5.74, 6) is -2.01. The molecule has 0 saturated carbocycles. The predicted octanol–water partition coefficient (Wildman–Crippen LogP) is 1.51. The Morgan fingerprint density at radius 1 is 0.719 bits per heavy atom. The van der Waals surface area contributed by atoms with Crippen molar-refractivity contribution in [2.45, 2.75) is 89.9 Å². The van der Waals surface area contributed by atoms with E-state index in [1.165, 1.54) is 0 Å². The molecule has 0 aromatic heterocycles. The van der Waals surface area contributed by atoms with E-state index in [9.17, 15) is 19.2 Å². The molecule has 32 heavy (non-hydrogen) atoms. The van der Waals surface area contributed by atoms with E-state index in [1.807, 2.05) is 0 Å². The van der Waals surface area contributed by atoms with E-state index in [-0.39, 0.29) is 38.1 Å². The maximum Gasteiger partial charge on any atom is 0.407 e. The Bertz CT molecular complexity index is 625. The predicted molar refractivity (Wildman–Crippen MR) is 110 cm³/mol. The fraction of sp³-hybridized carbons (Fsp3) is 0.800. The van der Waals surface area contributed by atoms with E-state index in [0.29, 0.717) is 0 Å². The summed E-state index contributed by atoms with van der Waals surface area (Å²) in [6, 6.07) is -0.591. The van der Waals surface area contributed by atoms with Crippen LogP contribution in [0.3, 0.4) is 0 Å². The third-order valence-electron chi connectivity index (χ3n) is 3.99. The molecule has 0 aliphatic carbocycles. The maximum atomic E-state index is 11.4. The van der Waals surface area contributed by atoms with Gasteiger partial charge >= 0.3 is 24.1 Å². The number of carbonyl (C=O) groups excluding carboxylic acids is 2. The fourth-order valence-electron chi connectivity index (χ4n) is 2.75. The van der Waals surface area contributed by atoms with Crippen molar-refractivity contribution in [3.05, 3.63) is 0 Å². The molecule has 2 amide bonds. The standard InChI is InChI=1S/2C10H17NO5/c2*1-10(2,3)16-9(14)11-6-4-7(8(12)13)15-5-6/h2*6-7H,4-5H2,1-3H3,(H,11,14)(H,12,13)/t2*6-,7-/m10/s1. The smallest absolute Gasteiger partial charge is 0.407 e. The SMILES string of the molecule is CC(C)(C)OC(=O)N[C@@H]1CO[C@H](C(=O)O)C1.CC(C)(C)OC(=O)N[C@H]1CO[C@@H](C(=O)O)C1. The highest BCUT2D eigenvalue weighted by Gasteiger charge is 2.33. The van der Waals surface area contributed by atoms with Gasteiger partial charge in [0, 0.05) is 12.8 Å². The highest BCUT2D eigenvalue weighted by atomic mass is 16.6. The molecule has 0 aromatic carbocycles. The molecule has 12 heteroatoms. The van der Waals surface area contributed by atoms with E-state index in [0.717, 1.165) is 0 Å². The Hall–Kier alpha value is -2.60. The summed E-state index contributed by atoms with van der Waals surface area (Å²) in [6.07, 6.45) is -2.22. The Balaban J connectivity index is 0.000000320. The Morgan fingerprint density at radius 3 is 1.25 bits per heavy atom. The number of carboxylic acid groups (broad SMARTS) is 2. The van der Waals surface area contributed by atoms with Crippen LogP contribution < -0.4 is 10.6 Å². The van der Waals surface area contributed by atoms with Crippen LogP contribution in [0.4, 0.5) is 9.59 Å². The third kappa shape index (κ3) is 11.1. The number of hydrogen-bond acceptors (Lipinski definition) is 8. The van der Waals surface area contributed by atoms with Crippen LogP contribution in [0.1, 0.15) is 54.4 Å². The second kappa shape index (κ2) is 11.3. The zero-order valence-electron chi connectivity index (χ0n) is 19.3. The number of carbonyl (C=O) groups is 4. The molecule has 0 bridgehead atoms. The number of nitrogens with one attached hydrogen (secondary N) is 2. The van der Waals surface area contributed by atoms with E-state index in [4.69, 9.17) is 29.2 Å². The highest BCUT2D eigenvalue weighted by molar-refractivity contribution is 5.74. The highest BCUT2D eigenvalue weighted by Crippen LogP contribution is 2.15. The average molecular weight is 462 g/mol. The van der Waals surface area contributed by atoms with Crippen LogP contribution in [0.5, 0.6) is 0 Å². The molecule has 4 N–H and O–H groups in total. The largest absolute Gasteiger partial charge is 0.479 e. The number of ether oxygens (including phenoxy) is 4. The van der Waals surface area contributed by atoms with Gasteiger partial charge < -0.3 is 39.8 Å². The molecule has 2 aliphatic rings. The van der Waals surface area contributed by atoms with Gasteiger partial charge in [-0.2, -0.15) is 0 Å². The summed E-state index contributed by atoms with van der Waals surface area (Å²) in [5.41, 5.74) is -1.12. The second-order valence-electron chi connectivity index (χ2n) is 9.48. The molecule has 2 aliphatic heterocycles. The number of aliphatic carboxylic acids is 2. The molecule has 2 rings (SSSR count). The Morgan fingerprint density at radius 2 is 1.03 bits per heavy atom. The molecule has 2 fully saturated rings. The first-order chi connectivity index (χ1) is 14.6. The molecule has 0 unspecified atom stereocenters. The number of hydrogen-bond donors (Lipinski definition) is 4. The quantitative estimate of drug-likeness (QED) is 0.480. The van der Waals surface area contributed by atoms with Crippen molar-refractivity contribution in [1.29, 1.82) is 0 Å². The lowest BCUT2D eigenvalue weighted by atomic mass is 10.2.